The van der Waals surface area contributed by atoms with Crippen LogP contribution in [-0.4, -0.2) is 27.2 Å². The second-order valence-corrected chi connectivity index (χ2v) is 4.21. The molecule has 0 radical (unpaired) electrons. The van der Waals surface area contributed by atoms with E-state index in [0.717, 1.165) is 5.69 Å². The van der Waals surface area contributed by atoms with Gasteiger partial charge in [0.15, 0.2) is 0 Å². The number of anilines is 1. The first-order chi connectivity index (χ1) is 9.13. The maximum Gasteiger partial charge on any atom is 0.248 e. The smallest absolute Gasteiger partial charge is 0.248 e. The zero-order valence-electron chi connectivity index (χ0n) is 11.0. The minimum absolute atomic E-state index is 0.151. The largest absolute Gasteiger partial charge is 0.316 e. The van der Waals surface area contributed by atoms with Crippen LogP contribution < -0.4 is 10.6 Å². The van der Waals surface area contributed by atoms with Gasteiger partial charge in [-0.25, -0.2) is 0 Å². The number of aryl methyl sites for hydroxylation is 1. The Morgan fingerprint density at radius 3 is 2.68 bits per heavy atom. The SMILES string of the molecule is CCN(C(=O)C(N)c1cnn(C)c1)c1ccncc1. The first-order valence-corrected chi connectivity index (χ1v) is 6.09. The molecule has 19 heavy (non-hydrogen) atoms. The van der Waals surface area contributed by atoms with E-state index in [1.54, 1.807) is 53.5 Å². The van der Waals surface area contributed by atoms with E-state index >= 15 is 0 Å². The van der Waals surface area contributed by atoms with Crippen molar-refractivity contribution in [1.29, 1.82) is 0 Å². The lowest BCUT2D eigenvalue weighted by Crippen LogP contribution is -2.38. The lowest BCUT2D eigenvalue weighted by molar-refractivity contribution is -0.119. The molecule has 2 N–H and O–H groups in total. The summed E-state index contributed by atoms with van der Waals surface area (Å²) < 4.78 is 1.63. The Labute approximate surface area is 111 Å². The van der Waals surface area contributed by atoms with Crippen molar-refractivity contribution >= 4 is 11.6 Å². The van der Waals surface area contributed by atoms with E-state index < -0.39 is 6.04 Å². The molecule has 2 rings (SSSR count). The summed E-state index contributed by atoms with van der Waals surface area (Å²) >= 11 is 0. The predicted octanol–water partition coefficient (Wildman–Crippen LogP) is 0.868. The number of rotatable bonds is 4. The Morgan fingerprint density at radius 1 is 1.47 bits per heavy atom. The number of likely N-dealkylation sites (N-methyl/N-ethyl adjacent to an activating group) is 1. The lowest BCUT2D eigenvalue weighted by atomic mass is 10.1. The molecule has 1 atom stereocenters. The van der Waals surface area contributed by atoms with E-state index in [-0.39, 0.29) is 5.91 Å². The summed E-state index contributed by atoms with van der Waals surface area (Å²) in [5.41, 5.74) is 7.51. The Kier molecular flexibility index (Phi) is 3.91. The van der Waals surface area contributed by atoms with Crippen LogP contribution in [0.3, 0.4) is 0 Å². The third kappa shape index (κ3) is 2.79. The summed E-state index contributed by atoms with van der Waals surface area (Å²) in [5, 5.41) is 4.03. The molecule has 0 bridgehead atoms. The summed E-state index contributed by atoms with van der Waals surface area (Å²) in [4.78, 5) is 18.0. The highest BCUT2D eigenvalue weighted by Gasteiger charge is 2.23. The van der Waals surface area contributed by atoms with Crippen molar-refractivity contribution in [2.45, 2.75) is 13.0 Å². The van der Waals surface area contributed by atoms with Gasteiger partial charge in [0, 0.05) is 43.4 Å². The molecular formula is C13H17N5O. The van der Waals surface area contributed by atoms with Crippen molar-refractivity contribution < 1.29 is 4.79 Å². The summed E-state index contributed by atoms with van der Waals surface area (Å²) in [5.74, 6) is -0.151. The van der Waals surface area contributed by atoms with Gasteiger partial charge < -0.3 is 10.6 Å². The lowest BCUT2D eigenvalue weighted by Gasteiger charge is -2.23. The molecule has 1 unspecified atom stereocenters. The fourth-order valence-electron chi connectivity index (χ4n) is 1.90. The molecule has 6 heteroatoms. The van der Waals surface area contributed by atoms with Crippen molar-refractivity contribution in [3.05, 3.63) is 42.5 Å². The van der Waals surface area contributed by atoms with Crippen molar-refractivity contribution in [3.8, 4) is 0 Å². The molecule has 0 aliphatic carbocycles. The van der Waals surface area contributed by atoms with Crippen LogP contribution in [0.25, 0.3) is 0 Å². The third-order valence-corrected chi connectivity index (χ3v) is 2.91. The highest BCUT2D eigenvalue weighted by molar-refractivity contribution is 5.97. The van der Waals surface area contributed by atoms with Crippen LogP contribution in [0, 0.1) is 0 Å². The summed E-state index contributed by atoms with van der Waals surface area (Å²) in [6.07, 6.45) is 6.67. The first kappa shape index (κ1) is 13.2. The van der Waals surface area contributed by atoms with Gasteiger partial charge in [0.2, 0.25) is 5.91 Å². The Bertz CT molecular complexity index is 551. The number of carbonyl (C=O) groups is 1. The molecular weight excluding hydrogens is 242 g/mol. The van der Waals surface area contributed by atoms with Gasteiger partial charge in [-0.1, -0.05) is 0 Å². The minimum atomic E-state index is -0.707. The van der Waals surface area contributed by atoms with E-state index in [1.165, 1.54) is 0 Å². The standard InChI is InChI=1S/C13H17N5O/c1-3-18(11-4-6-15-7-5-11)13(19)12(14)10-8-16-17(2)9-10/h4-9,12H,3,14H2,1-2H3. The number of nitrogens with zero attached hydrogens (tertiary/aromatic N) is 4. The number of hydrogen-bond acceptors (Lipinski definition) is 4. The van der Waals surface area contributed by atoms with E-state index in [9.17, 15) is 4.79 Å². The van der Waals surface area contributed by atoms with E-state index in [4.69, 9.17) is 5.73 Å². The molecule has 100 valence electrons. The van der Waals surface area contributed by atoms with Gasteiger partial charge in [0.1, 0.15) is 6.04 Å². The fraction of sp³-hybridized carbons (Fsp3) is 0.308. The first-order valence-electron chi connectivity index (χ1n) is 6.09. The van der Waals surface area contributed by atoms with Gasteiger partial charge in [-0.2, -0.15) is 5.10 Å². The molecule has 2 aromatic rings. The number of amides is 1. The zero-order valence-corrected chi connectivity index (χ0v) is 11.0. The van der Waals surface area contributed by atoms with Crippen LogP contribution in [0.15, 0.2) is 36.9 Å². The molecule has 2 heterocycles. The molecule has 0 saturated heterocycles. The number of hydrogen-bond donors (Lipinski definition) is 1. The normalized spacial score (nSPS) is 12.2. The van der Waals surface area contributed by atoms with E-state index in [1.807, 2.05) is 6.92 Å². The molecule has 0 aromatic carbocycles. The highest BCUT2D eigenvalue weighted by atomic mass is 16.2. The zero-order chi connectivity index (χ0) is 13.8. The third-order valence-electron chi connectivity index (χ3n) is 2.91. The Balaban J connectivity index is 2.22. The maximum absolute atomic E-state index is 12.4. The van der Waals surface area contributed by atoms with Crippen LogP contribution in [0.2, 0.25) is 0 Å². The van der Waals surface area contributed by atoms with Gasteiger partial charge in [0.25, 0.3) is 0 Å². The predicted molar refractivity (Wildman–Crippen MR) is 72.4 cm³/mol. The number of aromatic nitrogens is 3. The van der Waals surface area contributed by atoms with Crippen molar-refractivity contribution in [2.24, 2.45) is 12.8 Å². The van der Waals surface area contributed by atoms with Crippen molar-refractivity contribution in [1.82, 2.24) is 14.8 Å². The van der Waals surface area contributed by atoms with Gasteiger partial charge in [-0.15, -0.1) is 0 Å². The second-order valence-electron chi connectivity index (χ2n) is 4.21. The topological polar surface area (TPSA) is 77.0 Å². The summed E-state index contributed by atoms with van der Waals surface area (Å²) in [6.45, 7) is 2.46. The second kappa shape index (κ2) is 5.62. The van der Waals surface area contributed by atoms with E-state index in [0.29, 0.717) is 12.1 Å². The number of carbonyl (C=O) groups excluding carboxylic acids is 1. The molecule has 0 aliphatic heterocycles. The number of nitrogens with two attached hydrogens (primary N) is 1. The fourth-order valence-corrected chi connectivity index (χ4v) is 1.90. The summed E-state index contributed by atoms with van der Waals surface area (Å²) in [6, 6.07) is 2.87. The van der Waals surface area contributed by atoms with Crippen molar-refractivity contribution in [2.75, 3.05) is 11.4 Å². The van der Waals surface area contributed by atoms with Gasteiger partial charge >= 0.3 is 0 Å². The van der Waals surface area contributed by atoms with Gasteiger partial charge in [0.05, 0.1) is 6.20 Å². The van der Waals surface area contributed by atoms with Gasteiger partial charge in [-0.05, 0) is 19.1 Å². The molecule has 0 saturated carbocycles. The van der Waals surface area contributed by atoms with Crippen LogP contribution in [0.5, 0.6) is 0 Å². The van der Waals surface area contributed by atoms with Crippen molar-refractivity contribution in [3.63, 3.8) is 0 Å². The highest BCUT2D eigenvalue weighted by Crippen LogP contribution is 2.18. The van der Waals surface area contributed by atoms with Crippen LogP contribution >= 0.6 is 0 Å². The van der Waals surface area contributed by atoms with Crippen LogP contribution in [0.1, 0.15) is 18.5 Å². The minimum Gasteiger partial charge on any atom is -0.316 e. The average Bonchev–Trinajstić information content (AvgIpc) is 2.86. The molecule has 1 amide bonds. The average molecular weight is 259 g/mol. The Hall–Kier alpha value is -2.21. The van der Waals surface area contributed by atoms with Gasteiger partial charge in [-0.3, -0.25) is 14.5 Å². The maximum atomic E-state index is 12.4. The van der Waals surface area contributed by atoms with E-state index in [2.05, 4.69) is 10.1 Å². The molecule has 0 fully saturated rings. The molecule has 0 spiro atoms. The van der Waals surface area contributed by atoms with Crippen LogP contribution in [0.4, 0.5) is 5.69 Å². The monoisotopic (exact) mass is 259 g/mol. The summed E-state index contributed by atoms with van der Waals surface area (Å²) in [7, 11) is 1.79. The molecule has 6 nitrogen and oxygen atoms in total. The number of pyridine rings is 1. The quantitative estimate of drug-likeness (QED) is 0.883. The molecule has 2 aromatic heterocycles. The van der Waals surface area contributed by atoms with Crippen LogP contribution in [-0.2, 0) is 11.8 Å². The Morgan fingerprint density at radius 2 is 2.16 bits per heavy atom. The molecule has 0 aliphatic rings.